The average molecular weight is 1060 g/mol. The number of unbranched alkanes of at least 4 members (excludes halogenated alkanes) is 5. The summed E-state index contributed by atoms with van der Waals surface area (Å²) in [6.45, 7) is 3.24. The Morgan fingerprint density at radius 2 is 1.08 bits per heavy atom. The lowest BCUT2D eigenvalue weighted by Gasteiger charge is -2.31. The van der Waals surface area contributed by atoms with E-state index in [-0.39, 0.29) is 38.0 Å². The molecule has 3 rings (SSSR count). The van der Waals surface area contributed by atoms with Gasteiger partial charge in [-0.1, -0.05) is 77.3 Å². The molecule has 2 heterocycles. The molecule has 0 saturated carbocycles. The topological polar surface area (TPSA) is 437 Å². The second-order valence-electron chi connectivity index (χ2n) is 19.3. The Morgan fingerprint density at radius 1 is 0.600 bits per heavy atom. The minimum atomic E-state index is -1.86. The number of phenolic OH excluding ortho intramolecular Hbond substituents is 1. The Hall–Kier alpha value is -7.38. The van der Waals surface area contributed by atoms with E-state index in [1.54, 1.807) is 0 Å². The number of fused-ring (bicyclic) bond motifs is 1. The fourth-order valence-electron chi connectivity index (χ4n) is 8.71. The second-order valence-corrected chi connectivity index (χ2v) is 19.3. The zero-order valence-corrected chi connectivity index (χ0v) is 42.7. The van der Waals surface area contributed by atoms with Crippen LogP contribution in [0.2, 0.25) is 0 Å². The Kier molecular flexibility index (Phi) is 25.9. The molecule has 1 aromatic carbocycles. The lowest BCUT2D eigenvalue weighted by Crippen LogP contribution is -2.60. The van der Waals surface area contributed by atoms with Crippen molar-refractivity contribution in [2.75, 3.05) is 13.2 Å². The second kappa shape index (κ2) is 31.4. The lowest BCUT2D eigenvalue weighted by molar-refractivity contribution is -0.143. The van der Waals surface area contributed by atoms with E-state index < -0.39 is 164 Å². The van der Waals surface area contributed by atoms with Crippen LogP contribution in [0.5, 0.6) is 5.75 Å². The van der Waals surface area contributed by atoms with Gasteiger partial charge in [0.1, 0.15) is 48.0 Å². The molecule has 2 fully saturated rings. The highest BCUT2D eigenvalue weighted by atomic mass is 16.3. The molecule has 1 unspecified atom stereocenters. The molecule has 2 saturated heterocycles. The number of hydrogen-bond donors (Lipinski definition) is 13. The van der Waals surface area contributed by atoms with Crippen molar-refractivity contribution < 1.29 is 67.7 Å². The molecule has 0 spiro atoms. The first-order valence-electron chi connectivity index (χ1n) is 25.5. The van der Waals surface area contributed by atoms with Crippen molar-refractivity contribution in [2.24, 2.45) is 28.9 Å². The number of carbonyl (C=O) groups excluding carboxylic acids is 12. The van der Waals surface area contributed by atoms with Crippen LogP contribution in [0.3, 0.4) is 0 Å². The third-order valence-corrected chi connectivity index (χ3v) is 13.1. The first-order chi connectivity index (χ1) is 35.5. The van der Waals surface area contributed by atoms with Crippen molar-refractivity contribution in [3.8, 4) is 5.75 Å². The van der Waals surface area contributed by atoms with Crippen molar-refractivity contribution in [3.63, 3.8) is 0 Å². The quantitative estimate of drug-likeness (QED) is 0.0509. The Labute approximate surface area is 435 Å². The Morgan fingerprint density at radius 3 is 1.63 bits per heavy atom. The summed E-state index contributed by atoms with van der Waals surface area (Å²) in [4.78, 5) is 162. The van der Waals surface area contributed by atoms with Gasteiger partial charge in [-0.15, -0.1) is 0 Å². The number of amides is 12. The summed E-state index contributed by atoms with van der Waals surface area (Å²) < 4.78 is 0. The SMILES string of the molecule is CCC(C)CCCCCCCC[C@@H]1CC(=O)N[C@@H](CC(N)=O)C(=O)N[C@H](Cc2ccc(O)cc2)C(=O)N[C@H](CC(N)=O)C(=O)N[C@@H](CCC(N)=O)C(=O)N2CCC[C@H]2C(=O)N[C@H](CC(N)=O)C(=O)N[C@@H](CO)C(=O)N1. The largest absolute Gasteiger partial charge is 0.508 e. The van der Waals surface area contributed by atoms with Gasteiger partial charge >= 0.3 is 0 Å². The summed E-state index contributed by atoms with van der Waals surface area (Å²) in [6.07, 6.45) is 3.35. The van der Waals surface area contributed by atoms with Gasteiger partial charge < -0.3 is 75.3 Å². The number of phenols is 1. The molecule has 12 amide bonds. The molecule has 26 heteroatoms. The smallest absolute Gasteiger partial charge is 0.245 e. The summed E-state index contributed by atoms with van der Waals surface area (Å²) in [6, 6.07) is -7.36. The number of nitrogens with one attached hydrogen (secondary N) is 7. The zero-order valence-electron chi connectivity index (χ0n) is 42.7. The molecule has 2 aliphatic rings. The number of aliphatic hydroxyl groups is 1. The van der Waals surface area contributed by atoms with E-state index in [9.17, 15) is 67.7 Å². The van der Waals surface area contributed by atoms with Crippen LogP contribution >= 0.6 is 0 Å². The third-order valence-electron chi connectivity index (χ3n) is 13.1. The standard InChI is InChI=1S/C49H76N12O14/c1-3-27(2)11-8-6-4-5-7-9-12-29-22-42(68)55-33(23-39(51)65)44(70)57-32(21-28-14-16-30(63)17-15-28)43(69)58-34(24-40(52)66)45(71)56-31(18-19-38(50)64)49(75)61-20-10-13-37(61)48(74)59-35(25-41(53)67)46(72)60-36(26-62)47(73)54-29/h14-17,27,29,31-37,62-63H,3-13,18-26H2,1-2H3,(H2,50,64)(H2,51,65)(H2,52,66)(H2,53,67)(H,54,73)(H,55,68)(H,56,71)(H,57,70)(H,58,69)(H,59,74)(H,60,72)/t27?,29-,31+,32-,33+,34-,35-,36+,37+/m1/s1. The van der Waals surface area contributed by atoms with E-state index in [0.717, 1.165) is 43.4 Å². The monoisotopic (exact) mass is 1060 g/mol. The van der Waals surface area contributed by atoms with Gasteiger partial charge in [-0.2, -0.15) is 0 Å². The van der Waals surface area contributed by atoms with E-state index in [0.29, 0.717) is 24.3 Å². The first-order valence-corrected chi connectivity index (χ1v) is 25.5. The van der Waals surface area contributed by atoms with Gasteiger partial charge in [-0.3, -0.25) is 57.5 Å². The van der Waals surface area contributed by atoms with Gasteiger partial charge in [0.05, 0.1) is 25.9 Å². The normalized spacial score (nSPS) is 24.3. The lowest BCUT2D eigenvalue weighted by atomic mass is 9.99. The van der Waals surface area contributed by atoms with Crippen molar-refractivity contribution in [1.82, 2.24) is 42.1 Å². The summed E-state index contributed by atoms with van der Waals surface area (Å²) in [5, 5.41) is 37.3. The Bertz CT molecular complexity index is 2200. The number of nitrogens with two attached hydrogens (primary N) is 4. The maximum atomic E-state index is 14.3. The highest BCUT2D eigenvalue weighted by molar-refractivity contribution is 6.00. The van der Waals surface area contributed by atoms with Gasteiger partial charge in [-0.05, 0) is 49.3 Å². The fourth-order valence-corrected chi connectivity index (χ4v) is 8.71. The fraction of sp³-hybridized carbons (Fsp3) is 0.633. The van der Waals surface area contributed by atoms with E-state index >= 15 is 0 Å². The number of nitrogens with zero attached hydrogens (tertiary/aromatic N) is 1. The number of aromatic hydroxyl groups is 1. The van der Waals surface area contributed by atoms with Crippen LogP contribution in [0.15, 0.2) is 24.3 Å². The van der Waals surface area contributed by atoms with E-state index in [1.807, 2.05) is 0 Å². The van der Waals surface area contributed by atoms with Crippen LogP contribution in [0.4, 0.5) is 0 Å². The number of hydrogen-bond acceptors (Lipinski definition) is 14. The highest BCUT2D eigenvalue weighted by Gasteiger charge is 2.41. The minimum Gasteiger partial charge on any atom is -0.508 e. The van der Waals surface area contributed by atoms with Gasteiger partial charge in [0, 0.05) is 31.8 Å². The molecule has 416 valence electrons. The van der Waals surface area contributed by atoms with E-state index in [2.05, 4.69) is 51.1 Å². The van der Waals surface area contributed by atoms with Crippen molar-refractivity contribution in [2.45, 2.75) is 178 Å². The van der Waals surface area contributed by atoms with Crippen molar-refractivity contribution in [1.29, 1.82) is 0 Å². The van der Waals surface area contributed by atoms with Gasteiger partial charge in [0.15, 0.2) is 0 Å². The van der Waals surface area contributed by atoms with Crippen molar-refractivity contribution >= 4 is 70.9 Å². The number of carbonyl (C=O) groups is 12. The molecule has 1 aromatic rings. The van der Waals surface area contributed by atoms with Gasteiger partial charge in [0.2, 0.25) is 70.9 Å². The summed E-state index contributed by atoms with van der Waals surface area (Å²) in [5.41, 5.74) is 22.2. The van der Waals surface area contributed by atoms with Crippen LogP contribution in [0, 0.1) is 5.92 Å². The van der Waals surface area contributed by atoms with Gasteiger partial charge in [0.25, 0.3) is 0 Å². The Balaban J connectivity index is 2.12. The highest BCUT2D eigenvalue weighted by Crippen LogP contribution is 2.21. The molecule has 17 N–H and O–H groups in total. The van der Waals surface area contributed by atoms with Crippen LogP contribution in [-0.4, -0.2) is 147 Å². The molecule has 2 aliphatic heterocycles. The maximum absolute atomic E-state index is 14.3. The number of aliphatic hydroxyl groups excluding tert-OH is 1. The minimum absolute atomic E-state index is 0.00262. The molecule has 9 atom stereocenters. The number of benzene rings is 1. The zero-order chi connectivity index (χ0) is 55.8. The molecular formula is C49H76N12O14. The van der Waals surface area contributed by atoms with Crippen LogP contribution in [0.1, 0.15) is 129 Å². The van der Waals surface area contributed by atoms with E-state index in [4.69, 9.17) is 22.9 Å². The molecule has 0 aromatic heterocycles. The first kappa shape index (κ1) is 61.9. The summed E-state index contributed by atoms with van der Waals surface area (Å²) in [7, 11) is 0. The molecule has 0 bridgehead atoms. The van der Waals surface area contributed by atoms with E-state index in [1.165, 1.54) is 24.3 Å². The number of rotatable bonds is 22. The summed E-state index contributed by atoms with van der Waals surface area (Å²) >= 11 is 0. The summed E-state index contributed by atoms with van der Waals surface area (Å²) in [5.74, 6) is -12.0. The van der Waals surface area contributed by atoms with Crippen LogP contribution in [0.25, 0.3) is 0 Å². The molecule has 0 radical (unpaired) electrons. The van der Waals surface area contributed by atoms with Gasteiger partial charge in [-0.25, -0.2) is 0 Å². The molecule has 0 aliphatic carbocycles. The molecule has 75 heavy (non-hydrogen) atoms. The predicted molar refractivity (Wildman–Crippen MR) is 268 cm³/mol. The number of primary amides is 4. The molecule has 26 nitrogen and oxygen atoms in total. The predicted octanol–water partition coefficient (Wildman–Crippen LogP) is -3.23. The third kappa shape index (κ3) is 21.9. The molecular weight excluding hydrogens is 981 g/mol. The maximum Gasteiger partial charge on any atom is 0.245 e. The van der Waals surface area contributed by atoms with Crippen molar-refractivity contribution in [3.05, 3.63) is 29.8 Å². The van der Waals surface area contributed by atoms with Crippen LogP contribution in [-0.2, 0) is 64.0 Å². The average Bonchev–Trinajstić information content (AvgIpc) is 3.84. The van der Waals surface area contributed by atoms with Crippen LogP contribution < -0.4 is 60.2 Å².